The van der Waals surface area contributed by atoms with Crippen molar-refractivity contribution in [3.05, 3.63) is 52.5 Å². The molecule has 1 unspecified atom stereocenters. The van der Waals surface area contributed by atoms with Crippen molar-refractivity contribution in [1.29, 1.82) is 0 Å². The minimum atomic E-state index is -1.97. The molecular formula is C20H22Cl2N2O4S. The first-order valence-electron chi connectivity index (χ1n) is 9.25. The van der Waals surface area contributed by atoms with Crippen LogP contribution in [0.4, 0.5) is 5.69 Å². The predicted molar refractivity (Wildman–Crippen MR) is 115 cm³/mol. The summed E-state index contributed by atoms with van der Waals surface area (Å²) in [5, 5.41) is 1.01. The Morgan fingerprint density at radius 3 is 2.38 bits per heavy atom. The number of rotatable bonds is 7. The molecule has 156 valence electrons. The summed E-state index contributed by atoms with van der Waals surface area (Å²) in [7, 11) is 0. The standard InChI is InChI=1S/C20H22Cl2N2O4S/c21-15-3-8-19(18(22)14-15)28-13-1-2-20(25)24-11-9-23(10-12-24)16-4-6-17(7-5-16)29(26)27/h3-8,14H,1-2,9-13H2,(H,26,27). The van der Waals surface area contributed by atoms with Gasteiger partial charge >= 0.3 is 0 Å². The van der Waals surface area contributed by atoms with Gasteiger partial charge in [-0.25, -0.2) is 4.21 Å². The fourth-order valence-electron chi connectivity index (χ4n) is 3.14. The van der Waals surface area contributed by atoms with Gasteiger partial charge in [0.25, 0.3) is 0 Å². The topological polar surface area (TPSA) is 70.1 Å². The first-order chi connectivity index (χ1) is 13.9. The minimum absolute atomic E-state index is 0.112. The Hall–Kier alpha value is -1.80. The number of hydrogen-bond donors (Lipinski definition) is 1. The summed E-state index contributed by atoms with van der Waals surface area (Å²) in [5.41, 5.74) is 0.986. The van der Waals surface area contributed by atoms with Gasteiger partial charge < -0.3 is 19.1 Å². The van der Waals surface area contributed by atoms with Crippen LogP contribution in [-0.4, -0.2) is 52.4 Å². The van der Waals surface area contributed by atoms with E-state index in [9.17, 15) is 9.00 Å². The molecule has 6 nitrogen and oxygen atoms in total. The average Bonchev–Trinajstić information content (AvgIpc) is 2.72. The van der Waals surface area contributed by atoms with Crippen molar-refractivity contribution in [2.45, 2.75) is 17.7 Å². The molecule has 1 amide bonds. The number of benzene rings is 2. The molecule has 0 saturated carbocycles. The van der Waals surface area contributed by atoms with Crippen LogP contribution in [0.3, 0.4) is 0 Å². The van der Waals surface area contributed by atoms with Crippen LogP contribution in [-0.2, 0) is 15.9 Å². The lowest BCUT2D eigenvalue weighted by atomic mass is 10.2. The zero-order chi connectivity index (χ0) is 20.8. The van der Waals surface area contributed by atoms with Gasteiger partial charge in [0.1, 0.15) is 5.75 Å². The molecule has 0 bridgehead atoms. The number of ether oxygens (including phenoxy) is 1. The quantitative estimate of drug-likeness (QED) is 0.501. The zero-order valence-corrected chi connectivity index (χ0v) is 18.1. The van der Waals surface area contributed by atoms with Crippen LogP contribution in [0.15, 0.2) is 47.4 Å². The van der Waals surface area contributed by atoms with Crippen molar-refractivity contribution < 1.29 is 18.3 Å². The lowest BCUT2D eigenvalue weighted by Crippen LogP contribution is -2.48. The normalized spacial score (nSPS) is 15.3. The molecule has 0 aliphatic carbocycles. The van der Waals surface area contributed by atoms with E-state index in [1.807, 2.05) is 17.0 Å². The molecule has 1 aliphatic heterocycles. The van der Waals surface area contributed by atoms with Crippen LogP contribution in [0.2, 0.25) is 10.0 Å². The fraction of sp³-hybridized carbons (Fsp3) is 0.350. The molecule has 0 aromatic heterocycles. The van der Waals surface area contributed by atoms with Gasteiger partial charge in [-0.1, -0.05) is 23.2 Å². The zero-order valence-electron chi connectivity index (χ0n) is 15.7. The summed E-state index contributed by atoms with van der Waals surface area (Å²) in [6.07, 6.45) is 1.03. The van der Waals surface area contributed by atoms with E-state index in [-0.39, 0.29) is 5.91 Å². The van der Waals surface area contributed by atoms with Gasteiger partial charge in [0.05, 0.1) is 16.5 Å². The second kappa shape index (κ2) is 10.3. The maximum absolute atomic E-state index is 12.4. The highest BCUT2D eigenvalue weighted by atomic mass is 35.5. The Labute approximate surface area is 182 Å². The van der Waals surface area contributed by atoms with E-state index in [1.54, 1.807) is 30.3 Å². The average molecular weight is 457 g/mol. The Morgan fingerprint density at radius 2 is 1.76 bits per heavy atom. The number of carbonyl (C=O) groups is 1. The van der Waals surface area contributed by atoms with Crippen LogP contribution in [0.25, 0.3) is 0 Å². The van der Waals surface area contributed by atoms with Crippen LogP contribution >= 0.6 is 23.2 Å². The van der Waals surface area contributed by atoms with Gasteiger partial charge in [0, 0.05) is 43.3 Å². The number of piperazine rings is 1. The van der Waals surface area contributed by atoms with Crippen molar-refractivity contribution >= 4 is 45.9 Å². The Morgan fingerprint density at radius 1 is 1.07 bits per heavy atom. The third kappa shape index (κ3) is 6.09. The van der Waals surface area contributed by atoms with Crippen molar-refractivity contribution in [1.82, 2.24) is 4.90 Å². The number of hydrogen-bond acceptors (Lipinski definition) is 4. The van der Waals surface area contributed by atoms with Gasteiger partial charge in [-0.15, -0.1) is 0 Å². The van der Waals surface area contributed by atoms with Crippen molar-refractivity contribution in [2.24, 2.45) is 0 Å². The number of nitrogens with zero attached hydrogens (tertiary/aromatic N) is 2. The maximum Gasteiger partial charge on any atom is 0.222 e. The molecule has 2 aromatic rings. The molecule has 29 heavy (non-hydrogen) atoms. The van der Waals surface area contributed by atoms with E-state index in [4.69, 9.17) is 32.5 Å². The van der Waals surface area contributed by atoms with Gasteiger partial charge in [0.15, 0.2) is 11.1 Å². The first kappa shape index (κ1) is 21.9. The lowest BCUT2D eigenvalue weighted by molar-refractivity contribution is -0.131. The number of amides is 1. The van der Waals surface area contributed by atoms with E-state index < -0.39 is 11.1 Å². The van der Waals surface area contributed by atoms with Gasteiger partial charge in [0.2, 0.25) is 5.91 Å². The molecule has 1 heterocycles. The molecule has 1 fully saturated rings. The summed E-state index contributed by atoms with van der Waals surface area (Å²) >= 11 is 9.95. The first-order valence-corrected chi connectivity index (χ1v) is 11.1. The second-order valence-corrected chi connectivity index (χ2v) is 8.45. The highest BCUT2D eigenvalue weighted by Gasteiger charge is 2.21. The second-order valence-electron chi connectivity index (χ2n) is 6.64. The van der Waals surface area contributed by atoms with Gasteiger partial charge in [-0.3, -0.25) is 4.79 Å². The van der Waals surface area contributed by atoms with Crippen molar-refractivity contribution in [2.75, 3.05) is 37.7 Å². The van der Waals surface area contributed by atoms with Crippen molar-refractivity contribution in [3.8, 4) is 5.75 Å². The smallest absolute Gasteiger partial charge is 0.222 e. The summed E-state index contributed by atoms with van der Waals surface area (Å²) in [6, 6.07) is 12.0. The number of anilines is 1. The third-order valence-electron chi connectivity index (χ3n) is 4.72. The number of carbonyl (C=O) groups excluding carboxylic acids is 1. The SMILES string of the molecule is O=C(CCCOc1ccc(Cl)cc1Cl)N1CCN(c2ccc(S(=O)O)cc2)CC1. The molecule has 1 N–H and O–H groups in total. The fourth-order valence-corrected chi connectivity index (χ4v) is 3.98. The van der Waals surface area contributed by atoms with Crippen LogP contribution in [0.5, 0.6) is 5.75 Å². The molecule has 2 aromatic carbocycles. The maximum atomic E-state index is 12.4. The Bertz CT molecular complexity index is 871. The Kier molecular flexibility index (Phi) is 7.77. The number of halogens is 2. The van der Waals surface area contributed by atoms with Crippen LogP contribution < -0.4 is 9.64 Å². The molecule has 0 spiro atoms. The summed E-state index contributed by atoms with van der Waals surface area (Å²) in [6.45, 7) is 3.16. The van der Waals surface area contributed by atoms with Gasteiger partial charge in [-0.2, -0.15) is 0 Å². The highest BCUT2D eigenvalue weighted by Crippen LogP contribution is 2.27. The molecule has 1 saturated heterocycles. The lowest BCUT2D eigenvalue weighted by Gasteiger charge is -2.36. The molecule has 9 heteroatoms. The van der Waals surface area contributed by atoms with E-state index in [0.717, 1.165) is 18.8 Å². The molecule has 1 aliphatic rings. The van der Waals surface area contributed by atoms with Crippen molar-refractivity contribution in [3.63, 3.8) is 0 Å². The van der Waals surface area contributed by atoms with Gasteiger partial charge in [-0.05, 0) is 48.9 Å². The molecule has 1 atom stereocenters. The van der Waals surface area contributed by atoms with E-state index >= 15 is 0 Å². The van der Waals surface area contributed by atoms with E-state index in [1.165, 1.54) is 0 Å². The summed E-state index contributed by atoms with van der Waals surface area (Å²) in [5.74, 6) is 0.676. The molecule has 3 rings (SSSR count). The van der Waals surface area contributed by atoms with E-state index in [2.05, 4.69) is 4.90 Å². The molecular weight excluding hydrogens is 435 g/mol. The predicted octanol–water partition coefficient (Wildman–Crippen LogP) is 4.08. The Balaban J connectivity index is 1.40. The third-order valence-corrected chi connectivity index (χ3v) is 5.93. The summed E-state index contributed by atoms with van der Waals surface area (Å²) < 4.78 is 25.8. The molecule has 0 radical (unpaired) electrons. The summed E-state index contributed by atoms with van der Waals surface area (Å²) in [4.78, 5) is 16.8. The minimum Gasteiger partial charge on any atom is -0.492 e. The largest absolute Gasteiger partial charge is 0.492 e. The van der Waals surface area contributed by atoms with Crippen LogP contribution in [0, 0.1) is 0 Å². The monoisotopic (exact) mass is 456 g/mol. The van der Waals surface area contributed by atoms with E-state index in [0.29, 0.717) is 53.2 Å². The highest BCUT2D eigenvalue weighted by molar-refractivity contribution is 7.79. The van der Waals surface area contributed by atoms with Crippen LogP contribution in [0.1, 0.15) is 12.8 Å².